The zero-order chi connectivity index (χ0) is 12.2. The van der Waals surface area contributed by atoms with Crippen LogP contribution in [0, 0.1) is 0 Å². The van der Waals surface area contributed by atoms with Crippen molar-refractivity contribution in [2.75, 3.05) is 13.2 Å². The molecule has 0 aromatic heterocycles. The molecule has 1 heterocycles. The molecule has 1 saturated carbocycles. The predicted molar refractivity (Wildman–Crippen MR) is 73.7 cm³/mol. The highest BCUT2D eigenvalue weighted by Crippen LogP contribution is 2.27. The molecular formula is C16H23NO. The molecule has 1 aliphatic heterocycles. The quantitative estimate of drug-likeness (QED) is 0.883. The fraction of sp³-hybridized carbons (Fsp3) is 0.625. The molecule has 1 unspecified atom stereocenters. The minimum atomic E-state index is 0.261. The van der Waals surface area contributed by atoms with Gasteiger partial charge in [-0.3, -0.25) is 0 Å². The molecule has 2 heteroatoms. The van der Waals surface area contributed by atoms with Gasteiger partial charge in [-0.25, -0.2) is 0 Å². The van der Waals surface area contributed by atoms with E-state index in [1.165, 1.54) is 43.2 Å². The van der Waals surface area contributed by atoms with Crippen molar-refractivity contribution in [3.05, 3.63) is 35.4 Å². The van der Waals surface area contributed by atoms with Crippen LogP contribution in [-0.2, 0) is 11.2 Å². The molecule has 1 aliphatic carbocycles. The van der Waals surface area contributed by atoms with Gasteiger partial charge in [0.15, 0.2) is 0 Å². The van der Waals surface area contributed by atoms with Crippen molar-refractivity contribution in [2.45, 2.75) is 50.7 Å². The minimum absolute atomic E-state index is 0.261. The first-order valence-corrected chi connectivity index (χ1v) is 7.36. The van der Waals surface area contributed by atoms with Crippen LogP contribution >= 0.6 is 0 Å². The summed E-state index contributed by atoms with van der Waals surface area (Å²) in [5, 5.41) is 3.71. The lowest BCUT2D eigenvalue weighted by atomic mass is 9.94. The standard InChI is InChI=1S/C16H23NO/c1-2-7-14(8-3-1)17-12-16-15-9-5-4-6-13(15)10-11-18-16/h4-6,9,14,16-17H,1-3,7-8,10-12H2. The highest BCUT2D eigenvalue weighted by Gasteiger charge is 2.21. The normalized spacial score (nSPS) is 24.8. The molecule has 0 radical (unpaired) electrons. The summed E-state index contributed by atoms with van der Waals surface area (Å²) in [5.41, 5.74) is 2.87. The predicted octanol–water partition coefficient (Wildman–Crippen LogP) is 3.22. The van der Waals surface area contributed by atoms with Crippen molar-refractivity contribution in [2.24, 2.45) is 0 Å². The first-order chi connectivity index (χ1) is 8.93. The molecular weight excluding hydrogens is 222 g/mol. The maximum absolute atomic E-state index is 5.93. The van der Waals surface area contributed by atoms with Crippen molar-refractivity contribution in [1.29, 1.82) is 0 Å². The fourth-order valence-corrected chi connectivity index (χ4v) is 3.23. The van der Waals surface area contributed by atoms with E-state index in [2.05, 4.69) is 29.6 Å². The number of nitrogens with one attached hydrogen (secondary N) is 1. The zero-order valence-corrected chi connectivity index (χ0v) is 11.0. The van der Waals surface area contributed by atoms with Gasteiger partial charge in [0.05, 0.1) is 12.7 Å². The Kier molecular flexibility index (Phi) is 3.96. The van der Waals surface area contributed by atoms with E-state index in [0.717, 1.165) is 25.6 Å². The van der Waals surface area contributed by atoms with Crippen LogP contribution in [0.2, 0.25) is 0 Å². The summed E-state index contributed by atoms with van der Waals surface area (Å²) in [4.78, 5) is 0. The highest BCUT2D eigenvalue weighted by molar-refractivity contribution is 5.31. The largest absolute Gasteiger partial charge is 0.372 e. The molecule has 0 amide bonds. The maximum atomic E-state index is 5.93. The Labute approximate surface area is 110 Å². The van der Waals surface area contributed by atoms with E-state index in [0.29, 0.717) is 0 Å². The summed E-state index contributed by atoms with van der Waals surface area (Å²) < 4.78 is 5.93. The van der Waals surface area contributed by atoms with Gasteiger partial charge in [-0.15, -0.1) is 0 Å². The number of ether oxygens (including phenoxy) is 1. The summed E-state index contributed by atoms with van der Waals surface area (Å²) in [6.07, 6.45) is 8.20. The highest BCUT2D eigenvalue weighted by atomic mass is 16.5. The number of fused-ring (bicyclic) bond motifs is 1. The number of rotatable bonds is 3. The first kappa shape index (κ1) is 12.2. The lowest BCUT2D eigenvalue weighted by Crippen LogP contribution is -2.36. The van der Waals surface area contributed by atoms with Gasteiger partial charge >= 0.3 is 0 Å². The first-order valence-electron chi connectivity index (χ1n) is 7.36. The third kappa shape index (κ3) is 2.76. The summed E-state index contributed by atoms with van der Waals surface area (Å²) in [5.74, 6) is 0. The van der Waals surface area contributed by atoms with E-state index >= 15 is 0 Å². The Hall–Kier alpha value is -0.860. The third-order valence-corrected chi connectivity index (χ3v) is 4.29. The topological polar surface area (TPSA) is 21.3 Å². The van der Waals surface area contributed by atoms with E-state index in [-0.39, 0.29) is 6.10 Å². The second kappa shape index (κ2) is 5.85. The van der Waals surface area contributed by atoms with E-state index in [9.17, 15) is 0 Å². The molecule has 2 aliphatic rings. The lowest BCUT2D eigenvalue weighted by Gasteiger charge is -2.29. The average Bonchev–Trinajstić information content (AvgIpc) is 2.46. The molecule has 98 valence electrons. The van der Waals surface area contributed by atoms with Gasteiger partial charge in [0.1, 0.15) is 0 Å². The van der Waals surface area contributed by atoms with Crippen LogP contribution in [0.25, 0.3) is 0 Å². The van der Waals surface area contributed by atoms with Gasteiger partial charge in [0.2, 0.25) is 0 Å². The maximum Gasteiger partial charge on any atom is 0.0952 e. The van der Waals surface area contributed by atoms with E-state index < -0.39 is 0 Å². The van der Waals surface area contributed by atoms with Crippen LogP contribution in [0.1, 0.15) is 49.3 Å². The molecule has 0 saturated heterocycles. The van der Waals surface area contributed by atoms with Crippen molar-refractivity contribution < 1.29 is 4.74 Å². The second-order valence-corrected chi connectivity index (χ2v) is 5.55. The van der Waals surface area contributed by atoms with Crippen LogP contribution in [0.3, 0.4) is 0 Å². The summed E-state index contributed by atoms with van der Waals surface area (Å²) in [6.45, 7) is 1.84. The number of hydrogen-bond acceptors (Lipinski definition) is 2. The van der Waals surface area contributed by atoms with Crippen LogP contribution in [0.15, 0.2) is 24.3 Å². The zero-order valence-electron chi connectivity index (χ0n) is 11.0. The smallest absolute Gasteiger partial charge is 0.0952 e. The van der Waals surface area contributed by atoms with Gasteiger partial charge in [0, 0.05) is 12.6 Å². The second-order valence-electron chi connectivity index (χ2n) is 5.55. The molecule has 3 rings (SSSR count). The van der Waals surface area contributed by atoms with Crippen molar-refractivity contribution in [3.63, 3.8) is 0 Å². The molecule has 1 atom stereocenters. The van der Waals surface area contributed by atoms with Gasteiger partial charge in [-0.1, -0.05) is 43.5 Å². The molecule has 1 fully saturated rings. The van der Waals surface area contributed by atoms with Gasteiger partial charge < -0.3 is 10.1 Å². The van der Waals surface area contributed by atoms with E-state index in [4.69, 9.17) is 4.74 Å². The third-order valence-electron chi connectivity index (χ3n) is 4.29. The fourth-order valence-electron chi connectivity index (χ4n) is 3.23. The Morgan fingerprint density at radius 1 is 1.11 bits per heavy atom. The van der Waals surface area contributed by atoms with E-state index in [1.807, 2.05) is 0 Å². The molecule has 0 bridgehead atoms. The summed E-state index contributed by atoms with van der Waals surface area (Å²) in [7, 11) is 0. The lowest BCUT2D eigenvalue weighted by molar-refractivity contribution is 0.0397. The monoisotopic (exact) mass is 245 g/mol. The molecule has 1 aromatic carbocycles. The van der Waals surface area contributed by atoms with Crippen molar-refractivity contribution in [1.82, 2.24) is 5.32 Å². The number of benzene rings is 1. The summed E-state index contributed by atoms with van der Waals surface area (Å²) in [6, 6.07) is 9.45. The van der Waals surface area contributed by atoms with Crippen molar-refractivity contribution in [3.8, 4) is 0 Å². The Balaban J connectivity index is 1.60. The minimum Gasteiger partial charge on any atom is -0.372 e. The van der Waals surface area contributed by atoms with Crippen LogP contribution in [0.4, 0.5) is 0 Å². The van der Waals surface area contributed by atoms with Gasteiger partial charge in [-0.05, 0) is 30.4 Å². The van der Waals surface area contributed by atoms with Crippen molar-refractivity contribution >= 4 is 0 Å². The Morgan fingerprint density at radius 3 is 2.83 bits per heavy atom. The van der Waals surface area contributed by atoms with Crippen LogP contribution < -0.4 is 5.32 Å². The molecule has 18 heavy (non-hydrogen) atoms. The molecule has 2 nitrogen and oxygen atoms in total. The van der Waals surface area contributed by atoms with Gasteiger partial charge in [0.25, 0.3) is 0 Å². The molecule has 1 N–H and O–H groups in total. The molecule has 0 spiro atoms. The van der Waals surface area contributed by atoms with Gasteiger partial charge in [-0.2, -0.15) is 0 Å². The van der Waals surface area contributed by atoms with Crippen LogP contribution in [0.5, 0.6) is 0 Å². The number of hydrogen-bond donors (Lipinski definition) is 1. The SMILES string of the molecule is c1ccc2c(c1)CCOC2CNC1CCCCC1. The van der Waals surface area contributed by atoms with E-state index in [1.54, 1.807) is 0 Å². The Morgan fingerprint density at radius 2 is 1.94 bits per heavy atom. The summed E-state index contributed by atoms with van der Waals surface area (Å²) >= 11 is 0. The Bertz CT molecular complexity index is 384. The average molecular weight is 245 g/mol. The van der Waals surface area contributed by atoms with Crippen LogP contribution in [-0.4, -0.2) is 19.2 Å². The molecule has 1 aromatic rings.